The second-order valence-corrected chi connectivity index (χ2v) is 3.15. The van der Waals surface area contributed by atoms with Crippen LogP contribution in [0.2, 0.25) is 0 Å². The fourth-order valence-electron chi connectivity index (χ4n) is 0.927. The zero-order valence-electron chi connectivity index (χ0n) is 9.87. The highest BCUT2D eigenvalue weighted by Gasteiger charge is 2.00. The quantitative estimate of drug-likeness (QED) is 0.322. The molecular weight excluding hydrogens is 208 g/mol. The molecule has 0 aliphatic heterocycles. The Morgan fingerprint density at radius 3 is 2.38 bits per heavy atom. The van der Waals surface area contributed by atoms with Crippen molar-refractivity contribution in [2.24, 2.45) is 0 Å². The molecule has 0 aliphatic carbocycles. The lowest BCUT2D eigenvalue weighted by Gasteiger charge is -2.05. The van der Waals surface area contributed by atoms with Gasteiger partial charge in [-0.3, -0.25) is 4.79 Å². The summed E-state index contributed by atoms with van der Waals surface area (Å²) in [6.07, 6.45) is 6.72. The van der Waals surface area contributed by atoms with E-state index in [9.17, 15) is 4.79 Å². The summed E-state index contributed by atoms with van der Waals surface area (Å²) in [6.45, 7) is 4.59. The molecule has 0 aliphatic rings. The van der Waals surface area contributed by atoms with Gasteiger partial charge in [0.1, 0.15) is 6.61 Å². The Hall–Kier alpha value is -1.05. The van der Waals surface area contributed by atoms with Crippen LogP contribution in [0.15, 0.2) is 0 Å². The van der Waals surface area contributed by atoms with Crippen molar-refractivity contribution < 1.29 is 19.0 Å². The molecule has 0 radical (unpaired) electrons. The molecule has 0 rings (SSSR count). The van der Waals surface area contributed by atoms with Gasteiger partial charge >= 0.3 is 5.97 Å². The third-order valence-corrected chi connectivity index (χ3v) is 1.68. The Morgan fingerprint density at radius 2 is 1.75 bits per heavy atom. The standard InChI is InChI=1S/C12H20O4/c1-3-5-6-12(13)16-11-10-15-9-8-14-7-4-2/h1H,4-11H2,2H3. The van der Waals surface area contributed by atoms with Crippen molar-refractivity contribution in [2.75, 3.05) is 33.0 Å². The molecule has 92 valence electrons. The molecule has 0 spiro atoms. The van der Waals surface area contributed by atoms with E-state index in [0.29, 0.717) is 26.2 Å². The van der Waals surface area contributed by atoms with Crippen LogP contribution in [0.3, 0.4) is 0 Å². The van der Waals surface area contributed by atoms with Gasteiger partial charge in [0, 0.05) is 13.0 Å². The van der Waals surface area contributed by atoms with Crippen molar-refractivity contribution >= 4 is 5.97 Å². The molecule has 4 nitrogen and oxygen atoms in total. The van der Waals surface area contributed by atoms with Gasteiger partial charge in [0.05, 0.1) is 26.2 Å². The maximum Gasteiger partial charge on any atom is 0.306 e. The van der Waals surface area contributed by atoms with E-state index in [4.69, 9.17) is 20.6 Å². The second-order valence-electron chi connectivity index (χ2n) is 3.15. The zero-order chi connectivity index (χ0) is 12.1. The van der Waals surface area contributed by atoms with Gasteiger partial charge < -0.3 is 14.2 Å². The van der Waals surface area contributed by atoms with Crippen molar-refractivity contribution in [3.05, 3.63) is 0 Å². The Kier molecular flexibility index (Phi) is 11.2. The van der Waals surface area contributed by atoms with E-state index < -0.39 is 0 Å². The molecule has 0 aromatic heterocycles. The summed E-state index contributed by atoms with van der Waals surface area (Å²) in [5, 5.41) is 0. The van der Waals surface area contributed by atoms with Gasteiger partial charge in [0.15, 0.2) is 0 Å². The number of rotatable bonds is 10. The van der Waals surface area contributed by atoms with E-state index in [1.807, 2.05) is 0 Å². The average molecular weight is 228 g/mol. The summed E-state index contributed by atoms with van der Waals surface area (Å²) >= 11 is 0. The molecule has 0 atom stereocenters. The Balaban J connectivity index is 3.09. The summed E-state index contributed by atoms with van der Waals surface area (Å²) in [6, 6.07) is 0. The van der Waals surface area contributed by atoms with Crippen LogP contribution in [-0.4, -0.2) is 39.0 Å². The molecule has 0 saturated carbocycles. The summed E-state index contributed by atoms with van der Waals surface area (Å²) in [4.78, 5) is 11.0. The largest absolute Gasteiger partial charge is 0.463 e. The van der Waals surface area contributed by atoms with Gasteiger partial charge in [-0.25, -0.2) is 0 Å². The summed E-state index contributed by atoms with van der Waals surface area (Å²) in [5.41, 5.74) is 0. The van der Waals surface area contributed by atoms with E-state index in [1.54, 1.807) is 0 Å². The predicted octanol–water partition coefficient (Wildman–Crippen LogP) is 1.39. The van der Waals surface area contributed by atoms with Gasteiger partial charge in [-0.1, -0.05) is 6.92 Å². The van der Waals surface area contributed by atoms with Gasteiger partial charge in [0.25, 0.3) is 0 Å². The van der Waals surface area contributed by atoms with E-state index in [-0.39, 0.29) is 19.0 Å². The normalized spacial score (nSPS) is 9.75. The third kappa shape index (κ3) is 11.0. The minimum absolute atomic E-state index is 0.274. The van der Waals surface area contributed by atoms with E-state index >= 15 is 0 Å². The lowest BCUT2D eigenvalue weighted by Crippen LogP contribution is -2.12. The van der Waals surface area contributed by atoms with Gasteiger partial charge in [-0.05, 0) is 6.42 Å². The van der Waals surface area contributed by atoms with Crippen LogP contribution in [0.1, 0.15) is 26.2 Å². The first-order chi connectivity index (χ1) is 7.81. The first-order valence-corrected chi connectivity index (χ1v) is 5.55. The van der Waals surface area contributed by atoms with Crippen LogP contribution >= 0.6 is 0 Å². The lowest BCUT2D eigenvalue weighted by atomic mass is 10.3. The molecule has 0 aromatic rings. The van der Waals surface area contributed by atoms with Gasteiger partial charge in [0.2, 0.25) is 0 Å². The Bertz CT molecular complexity index is 208. The van der Waals surface area contributed by atoms with Crippen molar-refractivity contribution in [1.29, 1.82) is 0 Å². The SMILES string of the molecule is C#CCCC(=O)OCCOCCOCCC. The Morgan fingerprint density at radius 1 is 1.12 bits per heavy atom. The minimum atomic E-state index is -0.274. The van der Waals surface area contributed by atoms with Crippen LogP contribution < -0.4 is 0 Å². The van der Waals surface area contributed by atoms with E-state index in [2.05, 4.69) is 12.8 Å². The molecule has 4 heteroatoms. The van der Waals surface area contributed by atoms with Crippen molar-refractivity contribution in [3.8, 4) is 12.3 Å². The molecule has 0 unspecified atom stereocenters. The Labute approximate surface area is 97.3 Å². The van der Waals surface area contributed by atoms with Crippen LogP contribution in [0.25, 0.3) is 0 Å². The maximum absolute atomic E-state index is 11.0. The highest BCUT2D eigenvalue weighted by atomic mass is 16.6. The minimum Gasteiger partial charge on any atom is -0.463 e. The smallest absolute Gasteiger partial charge is 0.306 e. The first kappa shape index (κ1) is 14.9. The average Bonchev–Trinajstić information content (AvgIpc) is 2.30. The number of hydrogen-bond acceptors (Lipinski definition) is 4. The number of carbonyl (C=O) groups is 1. The molecular formula is C12H20O4. The molecule has 0 saturated heterocycles. The topological polar surface area (TPSA) is 44.8 Å². The first-order valence-electron chi connectivity index (χ1n) is 5.55. The van der Waals surface area contributed by atoms with E-state index in [0.717, 1.165) is 13.0 Å². The fourth-order valence-corrected chi connectivity index (χ4v) is 0.927. The van der Waals surface area contributed by atoms with Crippen LogP contribution in [0.5, 0.6) is 0 Å². The summed E-state index contributed by atoms with van der Waals surface area (Å²) in [5.74, 6) is 2.11. The molecule has 0 fully saturated rings. The number of hydrogen-bond donors (Lipinski definition) is 0. The number of carbonyl (C=O) groups excluding carboxylic acids is 1. The van der Waals surface area contributed by atoms with Crippen LogP contribution in [0.4, 0.5) is 0 Å². The van der Waals surface area contributed by atoms with Crippen LogP contribution in [0, 0.1) is 12.3 Å². The van der Waals surface area contributed by atoms with Crippen molar-refractivity contribution in [2.45, 2.75) is 26.2 Å². The maximum atomic E-state index is 11.0. The predicted molar refractivity (Wildman–Crippen MR) is 61.0 cm³/mol. The zero-order valence-corrected chi connectivity index (χ0v) is 9.87. The monoisotopic (exact) mass is 228 g/mol. The number of ether oxygens (including phenoxy) is 3. The van der Waals surface area contributed by atoms with Crippen molar-refractivity contribution in [3.63, 3.8) is 0 Å². The van der Waals surface area contributed by atoms with Gasteiger partial charge in [-0.15, -0.1) is 12.3 Å². The summed E-state index contributed by atoms with van der Waals surface area (Å²) in [7, 11) is 0. The van der Waals surface area contributed by atoms with E-state index in [1.165, 1.54) is 0 Å². The molecule has 0 N–H and O–H groups in total. The molecule has 0 heterocycles. The second kappa shape index (κ2) is 12.0. The summed E-state index contributed by atoms with van der Waals surface area (Å²) < 4.78 is 15.3. The van der Waals surface area contributed by atoms with Gasteiger partial charge in [-0.2, -0.15) is 0 Å². The highest BCUT2D eigenvalue weighted by Crippen LogP contribution is 1.91. The van der Waals surface area contributed by atoms with Crippen molar-refractivity contribution in [1.82, 2.24) is 0 Å². The molecule has 0 bridgehead atoms. The van der Waals surface area contributed by atoms with Crippen LogP contribution in [-0.2, 0) is 19.0 Å². The molecule has 16 heavy (non-hydrogen) atoms. The number of esters is 1. The molecule has 0 amide bonds. The lowest BCUT2D eigenvalue weighted by molar-refractivity contribution is -0.145. The highest BCUT2D eigenvalue weighted by molar-refractivity contribution is 5.69. The molecule has 0 aromatic carbocycles. The number of terminal acetylenes is 1. The fraction of sp³-hybridized carbons (Fsp3) is 0.750. The third-order valence-electron chi connectivity index (χ3n) is 1.68.